The van der Waals surface area contributed by atoms with Crippen molar-refractivity contribution in [1.29, 1.82) is 0 Å². The summed E-state index contributed by atoms with van der Waals surface area (Å²) >= 11 is 1.55. The average molecular weight is 274 g/mol. The molecule has 1 aromatic heterocycles. The zero-order chi connectivity index (χ0) is 11.2. The van der Waals surface area contributed by atoms with Gasteiger partial charge in [0.25, 0.3) is 0 Å². The van der Waals surface area contributed by atoms with E-state index in [1.807, 2.05) is 17.5 Å². The molecule has 0 radical (unpaired) electrons. The van der Waals surface area contributed by atoms with Crippen LogP contribution >= 0.6 is 23.7 Å². The topological polar surface area (TPSA) is 20.3 Å². The maximum Gasteiger partial charge on any atom is 0.172 e. The summed E-state index contributed by atoms with van der Waals surface area (Å²) < 4.78 is 0. The Hall–Kier alpha value is -0.380. The summed E-state index contributed by atoms with van der Waals surface area (Å²) in [6.07, 6.45) is 5.76. The molecule has 2 rings (SSSR count). The average Bonchev–Trinajstić information content (AvgIpc) is 2.84. The number of likely N-dealkylation sites (tertiary alicyclic amines) is 1. The van der Waals surface area contributed by atoms with Crippen LogP contribution in [0.1, 0.15) is 41.8 Å². The number of Topliss-reactive ketones (excluding diaryl/α,β-unsaturated/α-hetero) is 1. The van der Waals surface area contributed by atoms with E-state index in [9.17, 15) is 4.79 Å². The van der Waals surface area contributed by atoms with Crippen molar-refractivity contribution in [3.63, 3.8) is 0 Å². The van der Waals surface area contributed by atoms with Crippen LogP contribution in [0, 0.1) is 0 Å². The highest BCUT2D eigenvalue weighted by Gasteiger charge is 2.11. The first kappa shape index (κ1) is 14.7. The molecule has 2 nitrogen and oxygen atoms in total. The zero-order valence-electron chi connectivity index (χ0n) is 10.1. The minimum Gasteiger partial charge on any atom is -0.303 e. The van der Waals surface area contributed by atoms with Gasteiger partial charge in [0, 0.05) is 6.42 Å². The van der Waals surface area contributed by atoms with Crippen LogP contribution < -0.4 is 0 Å². The molecule has 0 saturated carbocycles. The van der Waals surface area contributed by atoms with E-state index in [-0.39, 0.29) is 12.4 Å². The molecular weight excluding hydrogens is 254 g/mol. The van der Waals surface area contributed by atoms with Gasteiger partial charge in [0.05, 0.1) is 4.88 Å². The van der Waals surface area contributed by atoms with E-state index >= 15 is 0 Å². The molecule has 17 heavy (non-hydrogen) atoms. The van der Waals surface area contributed by atoms with Gasteiger partial charge in [-0.2, -0.15) is 0 Å². The van der Waals surface area contributed by atoms with Gasteiger partial charge in [0.2, 0.25) is 0 Å². The normalized spacial score (nSPS) is 16.5. The Morgan fingerprint density at radius 1 is 1.29 bits per heavy atom. The second kappa shape index (κ2) is 7.85. The highest BCUT2D eigenvalue weighted by molar-refractivity contribution is 7.12. The first-order valence-corrected chi connectivity index (χ1v) is 7.03. The van der Waals surface area contributed by atoms with Gasteiger partial charge < -0.3 is 4.90 Å². The third kappa shape index (κ3) is 4.78. The van der Waals surface area contributed by atoms with Crippen molar-refractivity contribution in [2.45, 2.75) is 32.1 Å². The van der Waals surface area contributed by atoms with Gasteiger partial charge in [-0.3, -0.25) is 4.79 Å². The minimum absolute atomic E-state index is 0. The number of hydrogen-bond acceptors (Lipinski definition) is 3. The molecule has 0 atom stereocenters. The highest BCUT2D eigenvalue weighted by Crippen LogP contribution is 2.14. The molecule has 1 aliphatic rings. The number of carbonyl (C=O) groups is 1. The summed E-state index contributed by atoms with van der Waals surface area (Å²) in [4.78, 5) is 15.1. The third-order valence-electron chi connectivity index (χ3n) is 3.12. The largest absolute Gasteiger partial charge is 0.303 e. The minimum atomic E-state index is 0. The van der Waals surface area contributed by atoms with E-state index in [1.165, 1.54) is 32.4 Å². The Morgan fingerprint density at radius 3 is 2.71 bits per heavy atom. The molecule has 0 unspecified atom stereocenters. The lowest BCUT2D eigenvalue weighted by Crippen LogP contribution is -2.30. The summed E-state index contributed by atoms with van der Waals surface area (Å²) in [5, 5.41) is 1.97. The summed E-state index contributed by atoms with van der Waals surface area (Å²) in [7, 11) is 0. The fourth-order valence-corrected chi connectivity index (χ4v) is 2.90. The molecule has 96 valence electrons. The van der Waals surface area contributed by atoms with Gasteiger partial charge in [-0.25, -0.2) is 0 Å². The number of nitrogens with zero attached hydrogens (tertiary/aromatic N) is 1. The van der Waals surface area contributed by atoms with Gasteiger partial charge in [-0.1, -0.05) is 12.5 Å². The number of piperidine rings is 1. The summed E-state index contributed by atoms with van der Waals surface area (Å²) in [6, 6.07) is 3.87. The lowest BCUT2D eigenvalue weighted by atomic mass is 10.1. The molecule has 1 aliphatic heterocycles. The van der Waals surface area contributed by atoms with Crippen LogP contribution in [0.4, 0.5) is 0 Å². The van der Waals surface area contributed by atoms with Crippen molar-refractivity contribution in [2.24, 2.45) is 0 Å². The number of halogens is 1. The van der Waals surface area contributed by atoms with Crippen LogP contribution in [0.2, 0.25) is 0 Å². The van der Waals surface area contributed by atoms with Crippen LogP contribution in [0.25, 0.3) is 0 Å². The first-order valence-electron chi connectivity index (χ1n) is 6.15. The van der Waals surface area contributed by atoms with Gasteiger partial charge >= 0.3 is 0 Å². The van der Waals surface area contributed by atoms with Crippen LogP contribution in [-0.2, 0) is 0 Å². The summed E-state index contributed by atoms with van der Waals surface area (Å²) in [5.74, 6) is 0.312. The van der Waals surface area contributed by atoms with Crippen molar-refractivity contribution in [3.8, 4) is 0 Å². The number of rotatable bonds is 5. The van der Waals surface area contributed by atoms with Crippen LogP contribution in [0.3, 0.4) is 0 Å². The molecule has 1 saturated heterocycles. The molecule has 2 heterocycles. The lowest BCUT2D eigenvalue weighted by molar-refractivity contribution is 0.0977. The van der Waals surface area contributed by atoms with Crippen LogP contribution in [0.15, 0.2) is 17.5 Å². The van der Waals surface area contributed by atoms with E-state index in [1.54, 1.807) is 11.3 Å². The van der Waals surface area contributed by atoms with Gasteiger partial charge in [0.1, 0.15) is 0 Å². The number of thiophene rings is 1. The molecule has 1 fully saturated rings. The van der Waals surface area contributed by atoms with Crippen molar-refractivity contribution < 1.29 is 4.79 Å². The molecular formula is C13H20ClNOS. The van der Waals surface area contributed by atoms with Crippen molar-refractivity contribution in [2.75, 3.05) is 19.6 Å². The number of hydrogen-bond donors (Lipinski definition) is 0. The van der Waals surface area contributed by atoms with Gasteiger partial charge in [-0.05, 0) is 50.3 Å². The Balaban J connectivity index is 0.00000144. The predicted molar refractivity (Wildman–Crippen MR) is 75.4 cm³/mol. The first-order chi connectivity index (χ1) is 7.86. The van der Waals surface area contributed by atoms with Crippen molar-refractivity contribution in [1.82, 2.24) is 4.90 Å². The lowest BCUT2D eigenvalue weighted by Gasteiger charge is -2.26. The molecule has 0 aromatic carbocycles. The smallest absolute Gasteiger partial charge is 0.172 e. The predicted octanol–water partition coefficient (Wildman–Crippen LogP) is 3.62. The van der Waals surface area contributed by atoms with Crippen LogP contribution in [-0.4, -0.2) is 30.3 Å². The Labute approximate surface area is 113 Å². The molecule has 0 amide bonds. The third-order valence-corrected chi connectivity index (χ3v) is 4.03. The fourth-order valence-electron chi connectivity index (χ4n) is 2.21. The van der Waals surface area contributed by atoms with E-state index in [0.29, 0.717) is 12.2 Å². The zero-order valence-corrected chi connectivity index (χ0v) is 11.7. The van der Waals surface area contributed by atoms with Gasteiger partial charge in [0.15, 0.2) is 5.78 Å². The quantitative estimate of drug-likeness (QED) is 0.764. The number of ketones is 1. The maximum atomic E-state index is 11.7. The fraction of sp³-hybridized carbons (Fsp3) is 0.615. The summed E-state index contributed by atoms with van der Waals surface area (Å²) in [5.41, 5.74) is 0. The Morgan fingerprint density at radius 2 is 2.06 bits per heavy atom. The van der Waals surface area contributed by atoms with E-state index < -0.39 is 0 Å². The van der Waals surface area contributed by atoms with Crippen molar-refractivity contribution >= 4 is 29.5 Å². The maximum absolute atomic E-state index is 11.7. The van der Waals surface area contributed by atoms with Crippen LogP contribution in [0.5, 0.6) is 0 Å². The second-order valence-electron chi connectivity index (χ2n) is 4.41. The molecule has 0 N–H and O–H groups in total. The number of carbonyl (C=O) groups excluding carboxylic acids is 1. The van der Waals surface area contributed by atoms with E-state index in [4.69, 9.17) is 0 Å². The monoisotopic (exact) mass is 273 g/mol. The SMILES string of the molecule is Cl.O=C(CCCN1CCCCC1)c1cccs1. The standard InChI is InChI=1S/C13H19NOS.ClH/c15-12(13-7-5-11-16-13)6-4-10-14-8-2-1-3-9-14;/h5,7,11H,1-4,6,8-10H2;1H. The highest BCUT2D eigenvalue weighted by atomic mass is 35.5. The van der Waals surface area contributed by atoms with E-state index in [2.05, 4.69) is 4.90 Å². The second-order valence-corrected chi connectivity index (χ2v) is 5.35. The molecule has 0 spiro atoms. The summed E-state index contributed by atoms with van der Waals surface area (Å²) in [6.45, 7) is 3.55. The molecule has 0 aliphatic carbocycles. The van der Waals surface area contributed by atoms with Crippen molar-refractivity contribution in [3.05, 3.63) is 22.4 Å². The Kier molecular flexibility index (Phi) is 6.78. The van der Waals surface area contributed by atoms with E-state index in [0.717, 1.165) is 17.8 Å². The molecule has 0 bridgehead atoms. The Bertz CT molecular complexity index is 320. The van der Waals surface area contributed by atoms with Gasteiger partial charge in [-0.15, -0.1) is 23.7 Å². The molecule has 1 aromatic rings. The molecule has 4 heteroatoms.